The van der Waals surface area contributed by atoms with Crippen LogP contribution in [0, 0.1) is 0 Å². The summed E-state index contributed by atoms with van der Waals surface area (Å²) in [5.74, 6) is -0.486. The van der Waals surface area contributed by atoms with Gasteiger partial charge < -0.3 is 10.6 Å². The van der Waals surface area contributed by atoms with Crippen LogP contribution in [0.4, 0.5) is 5.69 Å². The highest BCUT2D eigenvalue weighted by molar-refractivity contribution is 6.05. The maximum atomic E-state index is 12.3. The molecule has 0 atom stereocenters. The van der Waals surface area contributed by atoms with Gasteiger partial charge in [-0.05, 0) is 76.2 Å². The Morgan fingerprint density at radius 3 is 1.60 bits per heavy atom. The van der Waals surface area contributed by atoms with Crippen molar-refractivity contribution in [3.8, 4) is 0 Å². The first-order valence-electron chi connectivity index (χ1n) is 8.01. The number of amides is 2. The molecule has 5 heteroatoms. The van der Waals surface area contributed by atoms with Crippen LogP contribution < -0.4 is 10.6 Å². The molecule has 0 heterocycles. The van der Waals surface area contributed by atoms with Gasteiger partial charge in [-0.1, -0.05) is 0 Å². The zero-order valence-electron chi connectivity index (χ0n) is 14.8. The second-order valence-electron chi connectivity index (χ2n) is 6.87. The molecule has 0 saturated heterocycles. The van der Waals surface area contributed by atoms with E-state index in [-0.39, 0.29) is 23.1 Å². The Labute approximate surface area is 147 Å². The predicted octanol–water partition coefficient (Wildman–Crippen LogP) is 3.67. The number of anilines is 1. The third-order valence-electron chi connectivity index (χ3n) is 3.45. The van der Waals surface area contributed by atoms with Crippen molar-refractivity contribution in [3.05, 3.63) is 65.2 Å². The molecule has 0 aliphatic rings. The lowest BCUT2D eigenvalue weighted by atomic mass is 10.1. The first kappa shape index (κ1) is 18.4. The minimum absolute atomic E-state index is 0.0259. The topological polar surface area (TPSA) is 75.3 Å². The van der Waals surface area contributed by atoms with Gasteiger partial charge in [-0.15, -0.1) is 0 Å². The fourth-order valence-corrected chi connectivity index (χ4v) is 2.18. The number of carbonyl (C=O) groups is 3. The minimum atomic E-state index is -0.320. The van der Waals surface area contributed by atoms with Gasteiger partial charge in [-0.2, -0.15) is 0 Å². The van der Waals surface area contributed by atoms with Gasteiger partial charge in [-0.25, -0.2) is 0 Å². The van der Waals surface area contributed by atoms with Crippen molar-refractivity contribution in [2.24, 2.45) is 0 Å². The van der Waals surface area contributed by atoms with Gasteiger partial charge >= 0.3 is 0 Å². The van der Waals surface area contributed by atoms with Crippen LogP contribution in [0.25, 0.3) is 0 Å². The predicted molar refractivity (Wildman–Crippen MR) is 98.1 cm³/mol. The number of hydrogen-bond acceptors (Lipinski definition) is 3. The zero-order chi connectivity index (χ0) is 18.6. The maximum absolute atomic E-state index is 12.3. The Morgan fingerprint density at radius 2 is 1.16 bits per heavy atom. The monoisotopic (exact) mass is 338 g/mol. The van der Waals surface area contributed by atoms with E-state index in [1.54, 1.807) is 48.5 Å². The average Bonchev–Trinajstić information content (AvgIpc) is 2.54. The number of rotatable bonds is 4. The summed E-state index contributed by atoms with van der Waals surface area (Å²) in [6.07, 6.45) is 0. The van der Waals surface area contributed by atoms with Gasteiger partial charge in [0.1, 0.15) is 0 Å². The quantitative estimate of drug-likeness (QED) is 0.835. The Morgan fingerprint density at radius 1 is 0.720 bits per heavy atom. The molecule has 25 heavy (non-hydrogen) atoms. The van der Waals surface area contributed by atoms with Crippen molar-refractivity contribution in [1.82, 2.24) is 5.32 Å². The highest BCUT2D eigenvalue weighted by Gasteiger charge is 2.15. The fraction of sp³-hybridized carbons (Fsp3) is 0.250. The van der Waals surface area contributed by atoms with Crippen LogP contribution in [-0.2, 0) is 0 Å². The van der Waals surface area contributed by atoms with E-state index >= 15 is 0 Å². The molecule has 2 rings (SSSR count). The summed E-state index contributed by atoms with van der Waals surface area (Å²) in [5, 5.41) is 5.63. The lowest BCUT2D eigenvalue weighted by Gasteiger charge is -2.20. The molecule has 2 aromatic carbocycles. The zero-order valence-corrected chi connectivity index (χ0v) is 14.8. The maximum Gasteiger partial charge on any atom is 0.255 e. The first-order chi connectivity index (χ1) is 11.7. The number of carbonyl (C=O) groups excluding carboxylic acids is 3. The van der Waals surface area contributed by atoms with E-state index in [0.717, 1.165) is 0 Å². The molecule has 2 N–H and O–H groups in total. The Bertz CT molecular complexity index is 785. The minimum Gasteiger partial charge on any atom is -0.347 e. The highest BCUT2D eigenvalue weighted by atomic mass is 16.2. The summed E-state index contributed by atoms with van der Waals surface area (Å²) in [4.78, 5) is 35.6. The summed E-state index contributed by atoms with van der Waals surface area (Å²) in [6.45, 7) is 7.21. The largest absolute Gasteiger partial charge is 0.347 e. The number of nitrogens with one attached hydrogen (secondary N) is 2. The van der Waals surface area contributed by atoms with E-state index in [1.807, 2.05) is 20.8 Å². The Balaban J connectivity index is 2.05. The molecule has 0 aliphatic heterocycles. The Kier molecular flexibility index (Phi) is 5.37. The van der Waals surface area contributed by atoms with Crippen molar-refractivity contribution >= 4 is 23.3 Å². The fourth-order valence-electron chi connectivity index (χ4n) is 2.18. The first-order valence-corrected chi connectivity index (χ1v) is 8.01. The second-order valence-corrected chi connectivity index (χ2v) is 6.87. The van der Waals surface area contributed by atoms with Crippen molar-refractivity contribution in [1.29, 1.82) is 0 Å². The van der Waals surface area contributed by atoms with E-state index in [9.17, 15) is 14.4 Å². The summed E-state index contributed by atoms with van der Waals surface area (Å²) in [7, 11) is 0. The van der Waals surface area contributed by atoms with Gasteiger partial charge in [0.25, 0.3) is 11.8 Å². The third-order valence-corrected chi connectivity index (χ3v) is 3.45. The summed E-state index contributed by atoms with van der Waals surface area (Å²) in [6, 6.07) is 13.1. The van der Waals surface area contributed by atoms with Crippen LogP contribution in [-0.4, -0.2) is 23.1 Å². The summed E-state index contributed by atoms with van der Waals surface area (Å²) >= 11 is 0. The van der Waals surface area contributed by atoms with Crippen LogP contribution in [0.15, 0.2) is 48.5 Å². The molecule has 0 aliphatic carbocycles. The molecule has 130 valence electrons. The molecule has 0 bridgehead atoms. The van der Waals surface area contributed by atoms with Gasteiger partial charge in [-0.3, -0.25) is 14.4 Å². The lowest BCUT2D eigenvalue weighted by Crippen LogP contribution is -2.40. The number of hydrogen-bond donors (Lipinski definition) is 2. The number of benzene rings is 2. The van der Waals surface area contributed by atoms with Crippen molar-refractivity contribution in [2.45, 2.75) is 33.2 Å². The lowest BCUT2D eigenvalue weighted by molar-refractivity contribution is 0.0917. The van der Waals surface area contributed by atoms with Crippen molar-refractivity contribution in [3.63, 3.8) is 0 Å². The number of Topliss-reactive ketones (excluding diaryl/α,β-unsaturated/α-hetero) is 1. The summed E-state index contributed by atoms with van der Waals surface area (Å²) in [5.41, 5.74) is 1.82. The van der Waals surface area contributed by atoms with E-state index in [0.29, 0.717) is 22.4 Å². The van der Waals surface area contributed by atoms with Gasteiger partial charge in [0, 0.05) is 27.9 Å². The molecule has 0 radical (unpaired) electrons. The average molecular weight is 338 g/mol. The smallest absolute Gasteiger partial charge is 0.255 e. The van der Waals surface area contributed by atoms with Crippen LogP contribution >= 0.6 is 0 Å². The molecule has 0 saturated carbocycles. The molecule has 2 amide bonds. The third kappa shape index (κ3) is 5.28. The van der Waals surface area contributed by atoms with Crippen molar-refractivity contribution < 1.29 is 14.4 Å². The van der Waals surface area contributed by atoms with Gasteiger partial charge in [0.15, 0.2) is 5.78 Å². The van der Waals surface area contributed by atoms with Crippen LogP contribution in [0.3, 0.4) is 0 Å². The van der Waals surface area contributed by atoms with E-state index in [4.69, 9.17) is 0 Å². The van der Waals surface area contributed by atoms with Crippen LogP contribution in [0.5, 0.6) is 0 Å². The summed E-state index contributed by atoms with van der Waals surface area (Å²) < 4.78 is 0. The van der Waals surface area contributed by atoms with E-state index < -0.39 is 0 Å². The molecule has 0 spiro atoms. The molecule has 5 nitrogen and oxygen atoms in total. The molecular weight excluding hydrogens is 316 g/mol. The highest BCUT2D eigenvalue weighted by Crippen LogP contribution is 2.13. The molecule has 0 unspecified atom stereocenters. The van der Waals surface area contributed by atoms with Crippen LogP contribution in [0.2, 0.25) is 0 Å². The van der Waals surface area contributed by atoms with E-state index in [1.165, 1.54) is 6.92 Å². The van der Waals surface area contributed by atoms with Crippen molar-refractivity contribution in [2.75, 3.05) is 5.32 Å². The van der Waals surface area contributed by atoms with Gasteiger partial charge in [0.2, 0.25) is 0 Å². The second kappa shape index (κ2) is 7.30. The molecular formula is C20H22N2O3. The van der Waals surface area contributed by atoms with Crippen LogP contribution in [0.1, 0.15) is 58.8 Å². The normalized spacial score (nSPS) is 10.9. The molecule has 2 aromatic rings. The SMILES string of the molecule is CC(=O)c1ccc(NC(=O)c2ccc(C(=O)NC(C)(C)C)cc2)cc1. The van der Waals surface area contributed by atoms with E-state index in [2.05, 4.69) is 10.6 Å². The molecule has 0 fully saturated rings. The standard InChI is InChI=1S/C20H22N2O3/c1-13(23)14-9-11-17(12-10-14)21-18(24)15-5-7-16(8-6-15)19(25)22-20(2,3)4/h5-12H,1-4H3,(H,21,24)(H,22,25). The van der Waals surface area contributed by atoms with Gasteiger partial charge in [0.05, 0.1) is 0 Å². The number of ketones is 1. The molecule has 0 aromatic heterocycles. The Hall–Kier alpha value is -2.95.